The Kier molecular flexibility index (Phi) is 4.94. The van der Waals surface area contributed by atoms with Crippen molar-refractivity contribution in [3.8, 4) is 0 Å². The molecule has 0 spiro atoms. The molecule has 104 valence electrons. The molecule has 2 N–H and O–H groups in total. The molecule has 18 heavy (non-hydrogen) atoms. The number of nitrogens with zero attached hydrogens (tertiary/aromatic N) is 1. The molecule has 2 aliphatic rings. The van der Waals surface area contributed by atoms with Gasteiger partial charge in [0, 0.05) is 26.2 Å². The van der Waals surface area contributed by atoms with Gasteiger partial charge in [0.05, 0.1) is 5.92 Å². The normalized spacial score (nSPS) is 19.8. The van der Waals surface area contributed by atoms with Crippen molar-refractivity contribution in [3.63, 3.8) is 0 Å². The fraction of sp³-hybridized carbons (Fsp3) is 0.800. The first-order valence-electron chi connectivity index (χ1n) is 5.62. The van der Waals surface area contributed by atoms with E-state index in [0.29, 0.717) is 11.8 Å². The fourth-order valence-corrected chi connectivity index (χ4v) is 1.66. The molecule has 2 aliphatic heterocycles. The van der Waals surface area contributed by atoms with E-state index in [9.17, 15) is 18.0 Å². The predicted molar refractivity (Wildman–Crippen MR) is 55.9 cm³/mol. The Bertz CT molecular complexity index is 310. The average Bonchev–Trinajstić information content (AvgIpc) is 2.66. The Morgan fingerprint density at radius 3 is 1.89 bits per heavy atom. The quantitative estimate of drug-likeness (QED) is 0.725. The van der Waals surface area contributed by atoms with Crippen LogP contribution in [-0.2, 0) is 9.59 Å². The first-order chi connectivity index (χ1) is 8.32. The highest BCUT2D eigenvalue weighted by atomic mass is 19.4. The number of carboxylic acid groups (broad SMARTS) is 1. The monoisotopic (exact) mass is 268 g/mol. The molecule has 0 aromatic rings. The van der Waals surface area contributed by atoms with Crippen molar-refractivity contribution in [2.45, 2.75) is 19.0 Å². The molecule has 0 saturated carbocycles. The molecule has 0 bridgehead atoms. The Morgan fingerprint density at radius 2 is 1.61 bits per heavy atom. The van der Waals surface area contributed by atoms with E-state index >= 15 is 0 Å². The first-order valence-corrected chi connectivity index (χ1v) is 5.62. The number of likely N-dealkylation sites (tertiary alicyclic amines) is 1. The summed E-state index contributed by atoms with van der Waals surface area (Å²) in [5.74, 6) is -2.08. The van der Waals surface area contributed by atoms with E-state index in [4.69, 9.17) is 9.90 Å². The van der Waals surface area contributed by atoms with Crippen LogP contribution in [0.2, 0.25) is 0 Å². The van der Waals surface area contributed by atoms with Gasteiger partial charge in [0.25, 0.3) is 0 Å². The van der Waals surface area contributed by atoms with Crippen LogP contribution in [0.1, 0.15) is 12.8 Å². The summed E-state index contributed by atoms with van der Waals surface area (Å²) in [6.45, 7) is 3.79. The molecule has 2 saturated heterocycles. The molecule has 0 radical (unpaired) electrons. The summed E-state index contributed by atoms with van der Waals surface area (Å²) >= 11 is 0. The van der Waals surface area contributed by atoms with Crippen molar-refractivity contribution in [2.24, 2.45) is 5.92 Å². The molecule has 5 nitrogen and oxygen atoms in total. The van der Waals surface area contributed by atoms with Crippen LogP contribution in [0, 0.1) is 5.92 Å². The average molecular weight is 268 g/mol. The number of hydrogen-bond acceptors (Lipinski definition) is 3. The van der Waals surface area contributed by atoms with Crippen molar-refractivity contribution in [1.29, 1.82) is 0 Å². The highest BCUT2D eigenvalue weighted by molar-refractivity contribution is 5.80. The van der Waals surface area contributed by atoms with Crippen LogP contribution < -0.4 is 5.32 Å². The van der Waals surface area contributed by atoms with E-state index in [0.717, 1.165) is 26.2 Å². The number of amides is 1. The van der Waals surface area contributed by atoms with Gasteiger partial charge < -0.3 is 15.3 Å². The molecule has 2 heterocycles. The molecule has 0 aromatic carbocycles. The van der Waals surface area contributed by atoms with Crippen molar-refractivity contribution in [2.75, 3.05) is 26.2 Å². The highest BCUT2D eigenvalue weighted by Crippen LogP contribution is 2.14. The number of carbonyl (C=O) groups is 2. The summed E-state index contributed by atoms with van der Waals surface area (Å²) in [6, 6.07) is 0. The molecular weight excluding hydrogens is 253 g/mol. The number of halogens is 3. The number of aliphatic carboxylic acids is 1. The smallest absolute Gasteiger partial charge is 0.475 e. The summed E-state index contributed by atoms with van der Waals surface area (Å²) in [4.78, 5) is 22.4. The lowest BCUT2D eigenvalue weighted by Crippen LogP contribution is -2.51. The maximum Gasteiger partial charge on any atom is 0.490 e. The van der Waals surface area contributed by atoms with Crippen molar-refractivity contribution < 1.29 is 27.9 Å². The standard InChI is InChI=1S/C8H14N2O.C2HF3O2/c11-8(7-5-9-6-7)10-3-1-2-4-10;3-2(4,5)1(6)7/h7,9H,1-6H2;(H,6,7). The second-order valence-corrected chi connectivity index (χ2v) is 4.19. The lowest BCUT2D eigenvalue weighted by molar-refractivity contribution is -0.192. The Balaban J connectivity index is 0.000000203. The molecule has 2 rings (SSSR count). The van der Waals surface area contributed by atoms with Crippen LogP contribution in [-0.4, -0.2) is 54.2 Å². The number of rotatable bonds is 1. The maximum absolute atomic E-state index is 11.5. The summed E-state index contributed by atoms with van der Waals surface area (Å²) < 4.78 is 31.7. The lowest BCUT2D eigenvalue weighted by atomic mass is 10.0. The molecule has 0 unspecified atom stereocenters. The van der Waals surface area contributed by atoms with E-state index in [2.05, 4.69) is 5.32 Å². The Hall–Kier alpha value is -1.31. The predicted octanol–water partition coefficient (Wildman–Crippen LogP) is 0.462. The number of hydrogen-bond donors (Lipinski definition) is 2. The SMILES string of the molecule is O=C(C1CNC1)N1CCCC1.O=C(O)C(F)(F)F. The topological polar surface area (TPSA) is 69.6 Å². The van der Waals surface area contributed by atoms with E-state index in [1.165, 1.54) is 12.8 Å². The molecule has 8 heteroatoms. The second kappa shape index (κ2) is 6.03. The van der Waals surface area contributed by atoms with Gasteiger partial charge in [-0.05, 0) is 12.8 Å². The minimum Gasteiger partial charge on any atom is -0.475 e. The summed E-state index contributed by atoms with van der Waals surface area (Å²) in [5.41, 5.74) is 0. The van der Waals surface area contributed by atoms with E-state index in [-0.39, 0.29) is 0 Å². The van der Waals surface area contributed by atoms with Gasteiger partial charge in [-0.25, -0.2) is 4.79 Å². The zero-order chi connectivity index (χ0) is 13.8. The van der Waals surface area contributed by atoms with Gasteiger partial charge in [-0.2, -0.15) is 13.2 Å². The first kappa shape index (κ1) is 14.7. The fourth-order valence-electron chi connectivity index (χ4n) is 1.66. The van der Waals surface area contributed by atoms with Gasteiger partial charge in [-0.1, -0.05) is 0 Å². The number of carboxylic acids is 1. The van der Waals surface area contributed by atoms with Crippen LogP contribution in [0.4, 0.5) is 13.2 Å². The van der Waals surface area contributed by atoms with E-state index in [1.54, 1.807) is 0 Å². The Morgan fingerprint density at radius 1 is 1.17 bits per heavy atom. The van der Waals surface area contributed by atoms with E-state index in [1.807, 2.05) is 4.90 Å². The third-order valence-corrected chi connectivity index (χ3v) is 2.79. The van der Waals surface area contributed by atoms with Crippen LogP contribution in [0.15, 0.2) is 0 Å². The highest BCUT2D eigenvalue weighted by Gasteiger charge is 2.38. The second-order valence-electron chi connectivity index (χ2n) is 4.19. The van der Waals surface area contributed by atoms with Crippen LogP contribution in [0.3, 0.4) is 0 Å². The third-order valence-electron chi connectivity index (χ3n) is 2.79. The number of alkyl halides is 3. The molecular formula is C10H15F3N2O3. The molecule has 0 aliphatic carbocycles. The Labute approximate surface area is 102 Å². The van der Waals surface area contributed by atoms with Crippen LogP contribution >= 0.6 is 0 Å². The largest absolute Gasteiger partial charge is 0.490 e. The van der Waals surface area contributed by atoms with Gasteiger partial charge in [0.15, 0.2) is 0 Å². The van der Waals surface area contributed by atoms with Crippen molar-refractivity contribution >= 4 is 11.9 Å². The van der Waals surface area contributed by atoms with Gasteiger partial charge in [0.1, 0.15) is 0 Å². The molecule has 2 fully saturated rings. The summed E-state index contributed by atoms with van der Waals surface area (Å²) in [5, 5.41) is 10.2. The van der Waals surface area contributed by atoms with Crippen molar-refractivity contribution in [3.05, 3.63) is 0 Å². The van der Waals surface area contributed by atoms with Gasteiger partial charge in [0.2, 0.25) is 5.91 Å². The molecule has 1 amide bonds. The van der Waals surface area contributed by atoms with Crippen LogP contribution in [0.5, 0.6) is 0 Å². The van der Waals surface area contributed by atoms with E-state index < -0.39 is 12.1 Å². The third kappa shape index (κ3) is 4.17. The summed E-state index contributed by atoms with van der Waals surface area (Å²) in [7, 11) is 0. The zero-order valence-corrected chi connectivity index (χ0v) is 9.66. The molecule has 0 aromatic heterocycles. The lowest BCUT2D eigenvalue weighted by Gasteiger charge is -2.29. The minimum absolute atomic E-state index is 0.299. The van der Waals surface area contributed by atoms with Gasteiger partial charge >= 0.3 is 12.1 Å². The minimum atomic E-state index is -5.08. The molecule has 0 atom stereocenters. The maximum atomic E-state index is 11.5. The number of nitrogens with one attached hydrogen (secondary N) is 1. The van der Waals surface area contributed by atoms with Crippen molar-refractivity contribution in [1.82, 2.24) is 10.2 Å². The van der Waals surface area contributed by atoms with Gasteiger partial charge in [-0.3, -0.25) is 4.79 Å². The number of carbonyl (C=O) groups excluding carboxylic acids is 1. The van der Waals surface area contributed by atoms with Crippen LogP contribution in [0.25, 0.3) is 0 Å². The van der Waals surface area contributed by atoms with Gasteiger partial charge in [-0.15, -0.1) is 0 Å². The summed E-state index contributed by atoms with van der Waals surface area (Å²) in [6.07, 6.45) is -2.68. The zero-order valence-electron chi connectivity index (χ0n) is 9.66.